The molecule has 4 atom stereocenters. The molecular weight excluding hydrogens is 260 g/mol. The Morgan fingerprint density at radius 1 is 1.20 bits per heavy atom. The highest BCUT2D eigenvalue weighted by atomic mass is 16.5. The molecule has 1 aromatic rings. The molecule has 0 aliphatic carbocycles. The fourth-order valence-corrected chi connectivity index (χ4v) is 2.07. The third kappa shape index (κ3) is 3.74. The van der Waals surface area contributed by atoms with Gasteiger partial charge < -0.3 is 20.1 Å². The summed E-state index contributed by atoms with van der Waals surface area (Å²) in [6.07, 6.45) is -1.37. The van der Waals surface area contributed by atoms with Crippen LogP contribution in [0.5, 0.6) is 0 Å². The van der Waals surface area contributed by atoms with E-state index in [-0.39, 0.29) is 18.8 Å². The number of aliphatic hydroxyl groups is 3. The Hall–Kier alpha value is -1.53. The first-order valence-corrected chi connectivity index (χ1v) is 6.49. The average molecular weight is 278 g/mol. The number of ether oxygens (including phenoxy) is 1. The number of ketones is 1. The van der Waals surface area contributed by atoms with E-state index in [1.807, 2.05) is 30.3 Å². The Balaban J connectivity index is 1.90. The highest BCUT2D eigenvalue weighted by molar-refractivity contribution is 5.93. The van der Waals surface area contributed by atoms with Crippen LogP contribution in [0.2, 0.25) is 0 Å². The van der Waals surface area contributed by atoms with Crippen molar-refractivity contribution in [1.29, 1.82) is 0 Å². The van der Waals surface area contributed by atoms with E-state index < -0.39 is 24.4 Å². The second-order valence-corrected chi connectivity index (χ2v) is 4.83. The average Bonchev–Trinajstić information content (AvgIpc) is 2.47. The van der Waals surface area contributed by atoms with Crippen molar-refractivity contribution in [2.75, 3.05) is 6.61 Å². The zero-order valence-corrected chi connectivity index (χ0v) is 10.9. The first-order chi connectivity index (χ1) is 9.58. The molecule has 0 aromatic heterocycles. The monoisotopic (exact) mass is 278 g/mol. The molecule has 0 saturated carbocycles. The summed E-state index contributed by atoms with van der Waals surface area (Å²) in [5, 5.41) is 28.6. The SMILES string of the molecule is O=C(/C=C/c1ccccc1)CC1OCC(O)[C@H](O)[C@@H]1O. The lowest BCUT2D eigenvalue weighted by molar-refractivity contribution is -0.188. The molecule has 0 amide bonds. The van der Waals surface area contributed by atoms with Crippen molar-refractivity contribution in [2.45, 2.75) is 30.8 Å². The minimum absolute atomic E-state index is 0.0335. The van der Waals surface area contributed by atoms with Gasteiger partial charge in [0, 0.05) is 6.42 Å². The van der Waals surface area contributed by atoms with Gasteiger partial charge >= 0.3 is 0 Å². The number of benzene rings is 1. The van der Waals surface area contributed by atoms with Crippen LogP contribution in [0.15, 0.2) is 36.4 Å². The van der Waals surface area contributed by atoms with Crippen molar-refractivity contribution >= 4 is 11.9 Å². The van der Waals surface area contributed by atoms with E-state index >= 15 is 0 Å². The normalized spacial score (nSPS) is 30.6. The van der Waals surface area contributed by atoms with Gasteiger partial charge in [0.05, 0.1) is 12.7 Å². The summed E-state index contributed by atoms with van der Waals surface area (Å²) >= 11 is 0. The van der Waals surface area contributed by atoms with Crippen LogP contribution in [0.25, 0.3) is 6.08 Å². The van der Waals surface area contributed by atoms with Crippen LogP contribution in [0.1, 0.15) is 12.0 Å². The molecule has 1 aromatic carbocycles. The lowest BCUT2D eigenvalue weighted by atomic mass is 9.96. The topological polar surface area (TPSA) is 87.0 Å². The van der Waals surface area contributed by atoms with Crippen LogP contribution in [-0.4, -0.2) is 52.1 Å². The molecule has 1 fully saturated rings. The summed E-state index contributed by atoms with van der Waals surface area (Å²) in [7, 11) is 0. The van der Waals surface area contributed by atoms with Gasteiger partial charge in [-0.05, 0) is 11.6 Å². The van der Waals surface area contributed by atoms with Crippen molar-refractivity contribution in [3.8, 4) is 0 Å². The van der Waals surface area contributed by atoms with Crippen LogP contribution in [0, 0.1) is 0 Å². The third-order valence-electron chi connectivity index (χ3n) is 3.27. The maximum absolute atomic E-state index is 11.8. The van der Waals surface area contributed by atoms with Gasteiger partial charge in [0.15, 0.2) is 5.78 Å². The summed E-state index contributed by atoms with van der Waals surface area (Å²) in [6.45, 7) is -0.0847. The van der Waals surface area contributed by atoms with Crippen LogP contribution >= 0.6 is 0 Å². The van der Waals surface area contributed by atoms with Crippen molar-refractivity contribution in [3.05, 3.63) is 42.0 Å². The lowest BCUT2D eigenvalue weighted by Crippen LogP contribution is -2.53. The number of carbonyl (C=O) groups is 1. The molecule has 0 bridgehead atoms. The van der Waals surface area contributed by atoms with Crippen LogP contribution in [-0.2, 0) is 9.53 Å². The van der Waals surface area contributed by atoms with E-state index in [0.717, 1.165) is 5.56 Å². The molecule has 108 valence electrons. The fourth-order valence-electron chi connectivity index (χ4n) is 2.07. The van der Waals surface area contributed by atoms with Gasteiger partial charge in [-0.3, -0.25) is 4.79 Å². The van der Waals surface area contributed by atoms with Gasteiger partial charge in [0.1, 0.15) is 18.3 Å². The number of carbonyl (C=O) groups excluding carboxylic acids is 1. The minimum atomic E-state index is -1.28. The molecular formula is C15H18O5. The molecule has 0 radical (unpaired) electrons. The number of allylic oxidation sites excluding steroid dienone is 1. The minimum Gasteiger partial charge on any atom is -0.388 e. The molecule has 1 heterocycles. The van der Waals surface area contributed by atoms with Crippen LogP contribution in [0.4, 0.5) is 0 Å². The molecule has 2 unspecified atom stereocenters. The predicted octanol–water partition coefficient (Wildman–Crippen LogP) is 0.141. The Morgan fingerprint density at radius 3 is 2.60 bits per heavy atom. The second-order valence-electron chi connectivity index (χ2n) is 4.83. The third-order valence-corrected chi connectivity index (χ3v) is 3.27. The molecule has 0 spiro atoms. The Kier molecular flexibility index (Phi) is 5.03. The molecule has 20 heavy (non-hydrogen) atoms. The molecule has 3 N–H and O–H groups in total. The summed E-state index contributed by atoms with van der Waals surface area (Å²) < 4.78 is 5.18. The number of hydrogen-bond donors (Lipinski definition) is 3. The van der Waals surface area contributed by atoms with Gasteiger partial charge in [0.2, 0.25) is 0 Å². The quantitative estimate of drug-likeness (QED) is 0.682. The summed E-state index contributed by atoms with van der Waals surface area (Å²) in [5.74, 6) is -0.207. The van der Waals surface area contributed by atoms with Crippen LogP contribution in [0.3, 0.4) is 0 Å². The first-order valence-electron chi connectivity index (χ1n) is 6.49. The largest absolute Gasteiger partial charge is 0.388 e. The van der Waals surface area contributed by atoms with Crippen molar-refractivity contribution in [3.63, 3.8) is 0 Å². The van der Waals surface area contributed by atoms with Gasteiger partial charge in [-0.25, -0.2) is 0 Å². The Morgan fingerprint density at radius 2 is 1.90 bits per heavy atom. The first kappa shape index (κ1) is 14.9. The van der Waals surface area contributed by atoms with Crippen LogP contribution < -0.4 is 0 Å². The summed E-state index contributed by atoms with van der Waals surface area (Å²) in [6, 6.07) is 9.37. The summed E-state index contributed by atoms with van der Waals surface area (Å²) in [4.78, 5) is 11.8. The van der Waals surface area contributed by atoms with E-state index in [9.17, 15) is 20.1 Å². The van der Waals surface area contributed by atoms with Gasteiger partial charge in [-0.2, -0.15) is 0 Å². The lowest BCUT2D eigenvalue weighted by Gasteiger charge is -2.34. The smallest absolute Gasteiger partial charge is 0.158 e. The van der Waals surface area contributed by atoms with E-state index in [2.05, 4.69) is 0 Å². The number of aliphatic hydroxyl groups excluding tert-OH is 3. The highest BCUT2D eigenvalue weighted by Gasteiger charge is 2.37. The van der Waals surface area contributed by atoms with E-state index in [4.69, 9.17) is 4.74 Å². The standard InChI is InChI=1S/C15H18O5/c16-11(7-6-10-4-2-1-3-5-10)8-13-15(19)14(18)12(17)9-20-13/h1-7,12-15,17-19H,8-9H2/b7-6+/t12?,13?,14-,15+/m0/s1. The molecule has 1 saturated heterocycles. The zero-order chi connectivity index (χ0) is 14.5. The van der Waals surface area contributed by atoms with Gasteiger partial charge in [-0.1, -0.05) is 36.4 Å². The van der Waals surface area contributed by atoms with Crippen molar-refractivity contribution in [1.82, 2.24) is 0 Å². The molecule has 5 nitrogen and oxygen atoms in total. The Bertz CT molecular complexity index is 470. The van der Waals surface area contributed by atoms with Gasteiger partial charge in [0.25, 0.3) is 0 Å². The maximum atomic E-state index is 11.8. The Labute approximate surface area is 117 Å². The van der Waals surface area contributed by atoms with Crippen molar-refractivity contribution in [2.24, 2.45) is 0 Å². The van der Waals surface area contributed by atoms with Gasteiger partial charge in [-0.15, -0.1) is 0 Å². The highest BCUT2D eigenvalue weighted by Crippen LogP contribution is 2.18. The van der Waals surface area contributed by atoms with E-state index in [1.54, 1.807) is 6.08 Å². The zero-order valence-electron chi connectivity index (χ0n) is 10.9. The second kappa shape index (κ2) is 6.76. The molecule has 1 aliphatic rings. The maximum Gasteiger partial charge on any atom is 0.158 e. The predicted molar refractivity (Wildman–Crippen MR) is 72.9 cm³/mol. The number of hydrogen-bond acceptors (Lipinski definition) is 5. The van der Waals surface area contributed by atoms with E-state index in [0.29, 0.717) is 0 Å². The summed E-state index contributed by atoms with van der Waals surface area (Å²) in [5.41, 5.74) is 0.904. The molecule has 2 rings (SSSR count). The fraction of sp³-hybridized carbons (Fsp3) is 0.400. The van der Waals surface area contributed by atoms with E-state index in [1.165, 1.54) is 6.08 Å². The molecule has 5 heteroatoms. The number of rotatable bonds is 4. The van der Waals surface area contributed by atoms with Crippen molar-refractivity contribution < 1.29 is 24.9 Å². The molecule has 1 aliphatic heterocycles.